The minimum atomic E-state index is -0.526. The van der Waals surface area contributed by atoms with E-state index < -0.39 is 12.0 Å². The van der Waals surface area contributed by atoms with Crippen molar-refractivity contribution in [2.45, 2.75) is 38.0 Å². The van der Waals surface area contributed by atoms with E-state index in [0.717, 1.165) is 18.4 Å². The number of hydrogen-bond donors (Lipinski definition) is 2. The number of hydrogen-bond acceptors (Lipinski definition) is 5. The number of benzene rings is 1. The fourth-order valence-electron chi connectivity index (χ4n) is 3.00. The van der Waals surface area contributed by atoms with E-state index in [4.69, 9.17) is 9.47 Å². The van der Waals surface area contributed by atoms with Crippen LogP contribution in [0.25, 0.3) is 0 Å². The summed E-state index contributed by atoms with van der Waals surface area (Å²) in [6.07, 6.45) is 1.80. The van der Waals surface area contributed by atoms with Crippen molar-refractivity contribution in [2.24, 2.45) is 0 Å². The van der Waals surface area contributed by atoms with Crippen molar-refractivity contribution in [3.8, 4) is 11.5 Å². The highest BCUT2D eigenvalue weighted by molar-refractivity contribution is 9.10. The smallest absolute Gasteiger partial charge is 0.274 e. The summed E-state index contributed by atoms with van der Waals surface area (Å²) in [6.45, 7) is 0.285. The number of aliphatic hydroxyl groups excluding tert-OH is 1. The van der Waals surface area contributed by atoms with Gasteiger partial charge < -0.3 is 19.9 Å². The van der Waals surface area contributed by atoms with Crippen LogP contribution < -0.4 is 14.8 Å². The number of ether oxygens (including phenoxy) is 2. The predicted molar refractivity (Wildman–Crippen MR) is 100 cm³/mol. The van der Waals surface area contributed by atoms with Gasteiger partial charge in [0.1, 0.15) is 11.2 Å². The van der Waals surface area contributed by atoms with Crippen molar-refractivity contribution in [3.63, 3.8) is 0 Å². The van der Waals surface area contributed by atoms with Crippen LogP contribution in [0.2, 0.25) is 0 Å². The lowest BCUT2D eigenvalue weighted by molar-refractivity contribution is 0.0862. The molecule has 1 aliphatic carbocycles. The van der Waals surface area contributed by atoms with Crippen LogP contribution in [0.15, 0.2) is 41.0 Å². The van der Waals surface area contributed by atoms with Gasteiger partial charge in [-0.05, 0) is 40.8 Å². The maximum absolute atomic E-state index is 12.8. The Morgan fingerprint density at radius 1 is 1.35 bits per heavy atom. The van der Waals surface area contributed by atoms with Gasteiger partial charge in [-0.3, -0.25) is 4.79 Å². The number of carbonyl (C=O) groups excluding carboxylic acids is 1. The average molecular weight is 421 g/mol. The number of aliphatic hydroxyl groups is 1. The SMILES string of the molecule is COc1cc(Br)nc(C(=O)N[C@@H]2CCC[C@H]2O)c1OCc1ccccc1. The van der Waals surface area contributed by atoms with E-state index in [1.54, 1.807) is 6.07 Å². The van der Waals surface area contributed by atoms with Gasteiger partial charge in [0.2, 0.25) is 0 Å². The number of amides is 1. The van der Waals surface area contributed by atoms with E-state index in [9.17, 15) is 9.90 Å². The van der Waals surface area contributed by atoms with Crippen LogP contribution in [0.5, 0.6) is 11.5 Å². The van der Waals surface area contributed by atoms with Crippen LogP contribution in [0.3, 0.4) is 0 Å². The Bertz CT molecular complexity index is 770. The lowest BCUT2D eigenvalue weighted by atomic mass is 10.2. The molecule has 2 atom stereocenters. The minimum absolute atomic E-state index is 0.131. The quantitative estimate of drug-likeness (QED) is 0.701. The fourth-order valence-corrected chi connectivity index (χ4v) is 3.39. The summed E-state index contributed by atoms with van der Waals surface area (Å²) in [4.78, 5) is 17.0. The van der Waals surface area contributed by atoms with Crippen molar-refractivity contribution in [1.82, 2.24) is 10.3 Å². The summed E-state index contributed by atoms with van der Waals surface area (Å²) >= 11 is 3.30. The average Bonchev–Trinajstić information content (AvgIpc) is 3.05. The highest BCUT2D eigenvalue weighted by Crippen LogP contribution is 2.33. The standard InChI is InChI=1S/C19H21BrN2O4/c1-25-15-10-16(20)22-17(19(24)21-13-8-5-9-14(13)23)18(15)26-11-12-6-3-2-4-7-12/h2-4,6-7,10,13-14,23H,5,8-9,11H2,1H3,(H,21,24)/t13-,14-/m1/s1. The first-order chi connectivity index (χ1) is 12.6. The van der Waals surface area contributed by atoms with E-state index in [1.165, 1.54) is 7.11 Å². The molecule has 0 aliphatic heterocycles. The first-order valence-corrected chi connectivity index (χ1v) is 9.28. The number of pyridine rings is 1. The summed E-state index contributed by atoms with van der Waals surface area (Å²) in [7, 11) is 1.51. The Labute approximate surface area is 160 Å². The number of nitrogens with zero attached hydrogens (tertiary/aromatic N) is 1. The van der Waals surface area contributed by atoms with E-state index in [0.29, 0.717) is 16.8 Å². The zero-order valence-corrected chi connectivity index (χ0v) is 16.0. The van der Waals surface area contributed by atoms with Gasteiger partial charge in [0.05, 0.1) is 19.3 Å². The Kier molecular flexibility index (Phi) is 6.11. The normalized spacial score (nSPS) is 19.2. The summed E-state index contributed by atoms with van der Waals surface area (Å²) in [5.41, 5.74) is 1.10. The molecule has 1 aromatic heterocycles. The van der Waals surface area contributed by atoms with Gasteiger partial charge in [-0.25, -0.2) is 4.98 Å². The molecule has 1 fully saturated rings. The molecule has 7 heteroatoms. The molecule has 6 nitrogen and oxygen atoms in total. The van der Waals surface area contributed by atoms with Crippen LogP contribution in [-0.4, -0.2) is 35.3 Å². The Morgan fingerprint density at radius 3 is 2.77 bits per heavy atom. The zero-order valence-electron chi connectivity index (χ0n) is 14.4. The number of rotatable bonds is 6. The monoisotopic (exact) mass is 420 g/mol. The molecule has 0 saturated heterocycles. The lowest BCUT2D eigenvalue weighted by Gasteiger charge is -2.19. The van der Waals surface area contributed by atoms with Crippen LogP contribution in [0, 0.1) is 0 Å². The van der Waals surface area contributed by atoms with E-state index in [2.05, 4.69) is 26.2 Å². The number of methoxy groups -OCH3 is 1. The molecule has 1 aliphatic rings. The molecule has 0 bridgehead atoms. The number of aromatic nitrogens is 1. The van der Waals surface area contributed by atoms with Gasteiger partial charge in [-0.2, -0.15) is 0 Å². The number of carbonyl (C=O) groups is 1. The van der Waals surface area contributed by atoms with Gasteiger partial charge >= 0.3 is 0 Å². The van der Waals surface area contributed by atoms with Crippen LogP contribution >= 0.6 is 15.9 Å². The summed E-state index contributed by atoms with van der Waals surface area (Å²) in [6, 6.07) is 11.0. The molecule has 1 amide bonds. The number of halogens is 1. The molecule has 26 heavy (non-hydrogen) atoms. The van der Waals surface area contributed by atoms with Crippen LogP contribution in [0.4, 0.5) is 0 Å². The van der Waals surface area contributed by atoms with Gasteiger partial charge in [-0.1, -0.05) is 30.3 Å². The van der Waals surface area contributed by atoms with Crippen LogP contribution in [-0.2, 0) is 6.61 Å². The molecular formula is C19H21BrN2O4. The van der Waals surface area contributed by atoms with Crippen molar-refractivity contribution in [3.05, 3.63) is 52.3 Å². The molecule has 0 unspecified atom stereocenters. The van der Waals surface area contributed by atoms with Crippen molar-refractivity contribution in [1.29, 1.82) is 0 Å². The Hall–Kier alpha value is -2.12. The van der Waals surface area contributed by atoms with Crippen molar-refractivity contribution < 1.29 is 19.4 Å². The van der Waals surface area contributed by atoms with E-state index in [1.807, 2.05) is 30.3 Å². The Balaban J connectivity index is 1.85. The molecule has 3 rings (SSSR count). The number of nitrogens with one attached hydrogen (secondary N) is 1. The van der Waals surface area contributed by atoms with Crippen molar-refractivity contribution >= 4 is 21.8 Å². The minimum Gasteiger partial charge on any atom is -0.493 e. The molecule has 138 valence electrons. The highest BCUT2D eigenvalue weighted by Gasteiger charge is 2.29. The second-order valence-electron chi connectivity index (χ2n) is 6.18. The Morgan fingerprint density at radius 2 is 2.12 bits per heavy atom. The third-order valence-corrected chi connectivity index (χ3v) is 4.77. The highest BCUT2D eigenvalue weighted by atomic mass is 79.9. The molecular weight excluding hydrogens is 400 g/mol. The van der Waals surface area contributed by atoms with E-state index in [-0.39, 0.29) is 24.1 Å². The van der Waals surface area contributed by atoms with Gasteiger partial charge in [0.25, 0.3) is 5.91 Å². The third kappa shape index (κ3) is 4.34. The molecule has 2 aromatic rings. The molecule has 1 aromatic carbocycles. The molecule has 1 saturated carbocycles. The molecule has 0 radical (unpaired) electrons. The largest absolute Gasteiger partial charge is 0.493 e. The van der Waals surface area contributed by atoms with Gasteiger partial charge in [0.15, 0.2) is 17.2 Å². The zero-order chi connectivity index (χ0) is 18.5. The summed E-state index contributed by atoms with van der Waals surface area (Å²) < 4.78 is 11.7. The molecule has 1 heterocycles. The topological polar surface area (TPSA) is 80.7 Å². The van der Waals surface area contributed by atoms with Gasteiger partial charge in [-0.15, -0.1) is 0 Å². The van der Waals surface area contributed by atoms with Crippen molar-refractivity contribution in [2.75, 3.05) is 7.11 Å². The van der Waals surface area contributed by atoms with E-state index >= 15 is 0 Å². The third-order valence-electron chi connectivity index (χ3n) is 4.36. The summed E-state index contributed by atoms with van der Waals surface area (Å²) in [5, 5.41) is 12.8. The first-order valence-electron chi connectivity index (χ1n) is 8.48. The molecule has 2 N–H and O–H groups in total. The second-order valence-corrected chi connectivity index (χ2v) is 6.99. The lowest BCUT2D eigenvalue weighted by Crippen LogP contribution is -2.40. The second kappa shape index (κ2) is 8.51. The maximum atomic E-state index is 12.8. The van der Waals surface area contributed by atoms with Crippen LogP contribution in [0.1, 0.15) is 35.3 Å². The maximum Gasteiger partial charge on any atom is 0.274 e. The predicted octanol–water partition coefficient (Wildman–Crippen LogP) is 3.07. The molecule has 0 spiro atoms. The first kappa shape index (κ1) is 18.7. The van der Waals surface area contributed by atoms with Gasteiger partial charge in [0, 0.05) is 6.07 Å². The summed E-state index contributed by atoms with van der Waals surface area (Å²) in [5.74, 6) is 0.308. The fraction of sp³-hybridized carbons (Fsp3) is 0.368.